The Morgan fingerprint density at radius 1 is 1.13 bits per heavy atom. The van der Waals surface area contributed by atoms with Crippen LogP contribution in [0.5, 0.6) is 0 Å². The van der Waals surface area contributed by atoms with Crippen LogP contribution in [0.2, 0.25) is 5.02 Å². The maximum absolute atomic E-state index is 13.1. The van der Waals surface area contributed by atoms with E-state index in [2.05, 4.69) is 16.0 Å². The molecule has 2 aromatic carbocycles. The van der Waals surface area contributed by atoms with Crippen molar-refractivity contribution in [2.45, 2.75) is 25.3 Å². The number of aryl methyl sites for hydroxylation is 1. The zero-order valence-electron chi connectivity index (χ0n) is 16.1. The summed E-state index contributed by atoms with van der Waals surface area (Å²) in [6.45, 7) is 0.882. The van der Waals surface area contributed by atoms with Crippen molar-refractivity contribution in [3.63, 3.8) is 0 Å². The number of hydrogen-bond donors (Lipinski definition) is 3. The number of anilines is 2. The van der Waals surface area contributed by atoms with Gasteiger partial charge in [0.1, 0.15) is 12.1 Å². The van der Waals surface area contributed by atoms with E-state index >= 15 is 0 Å². The van der Waals surface area contributed by atoms with E-state index in [1.54, 1.807) is 12.1 Å². The molecular formula is C21H19ClN4O4. The van der Waals surface area contributed by atoms with Crippen LogP contribution in [0.1, 0.15) is 24.5 Å². The van der Waals surface area contributed by atoms with E-state index in [9.17, 15) is 19.2 Å². The molecule has 1 fully saturated rings. The fourth-order valence-corrected chi connectivity index (χ4v) is 4.16. The number of carbonyl (C=O) groups is 4. The molecule has 0 aromatic heterocycles. The van der Waals surface area contributed by atoms with E-state index in [-0.39, 0.29) is 11.6 Å². The molecule has 1 atom stereocenters. The van der Waals surface area contributed by atoms with Gasteiger partial charge in [-0.2, -0.15) is 0 Å². The topological polar surface area (TPSA) is 108 Å². The Hall–Kier alpha value is -3.39. The molecule has 3 N–H and O–H groups in total. The first-order chi connectivity index (χ1) is 14.3. The lowest BCUT2D eigenvalue weighted by atomic mass is 9.92. The molecule has 2 aromatic rings. The molecule has 154 valence electrons. The molecule has 0 bridgehead atoms. The Kier molecular flexibility index (Phi) is 4.95. The molecule has 0 saturated carbocycles. The van der Waals surface area contributed by atoms with Crippen LogP contribution in [-0.2, 0) is 26.3 Å². The van der Waals surface area contributed by atoms with Crippen molar-refractivity contribution in [2.75, 3.05) is 17.2 Å². The summed E-state index contributed by atoms with van der Waals surface area (Å²) >= 11 is 5.99. The van der Waals surface area contributed by atoms with E-state index in [1.165, 1.54) is 13.0 Å². The lowest BCUT2D eigenvalue weighted by Crippen LogP contribution is -2.43. The number of carbonyl (C=O) groups excluding carboxylic acids is 4. The van der Waals surface area contributed by atoms with Gasteiger partial charge in [-0.15, -0.1) is 0 Å². The van der Waals surface area contributed by atoms with Gasteiger partial charge in [-0.05, 0) is 42.2 Å². The fraction of sp³-hybridized carbons (Fsp3) is 0.238. The number of urea groups is 1. The van der Waals surface area contributed by atoms with E-state index in [1.807, 2.05) is 24.3 Å². The highest BCUT2D eigenvalue weighted by molar-refractivity contribution is 6.31. The van der Waals surface area contributed by atoms with Crippen molar-refractivity contribution in [1.29, 1.82) is 0 Å². The van der Waals surface area contributed by atoms with E-state index in [0.717, 1.165) is 16.0 Å². The van der Waals surface area contributed by atoms with Crippen LogP contribution in [0, 0.1) is 0 Å². The number of halogens is 1. The minimum absolute atomic E-state index is 0.274. The Balaban J connectivity index is 1.53. The molecule has 0 unspecified atom stereocenters. The maximum Gasteiger partial charge on any atom is 0.325 e. The van der Waals surface area contributed by atoms with Crippen LogP contribution in [0.4, 0.5) is 16.2 Å². The van der Waals surface area contributed by atoms with Gasteiger partial charge in [0.2, 0.25) is 11.8 Å². The molecule has 1 spiro atoms. The van der Waals surface area contributed by atoms with Gasteiger partial charge in [0.25, 0.3) is 5.91 Å². The van der Waals surface area contributed by atoms with E-state index in [4.69, 9.17) is 11.6 Å². The highest BCUT2D eigenvalue weighted by Gasteiger charge is 2.55. The molecule has 8 nitrogen and oxygen atoms in total. The van der Waals surface area contributed by atoms with Gasteiger partial charge in [-0.25, -0.2) is 4.79 Å². The van der Waals surface area contributed by atoms with Gasteiger partial charge in [0, 0.05) is 11.9 Å². The SMILES string of the molecule is CC(=O)Nc1ccc(Cl)cc1NC(=O)CN1C(=O)N[C@@]2(CCc3ccccc32)C1=O. The summed E-state index contributed by atoms with van der Waals surface area (Å²) in [4.78, 5) is 50.6. The first kappa shape index (κ1) is 19.9. The number of nitrogens with zero attached hydrogens (tertiary/aromatic N) is 1. The van der Waals surface area contributed by atoms with Gasteiger partial charge in [-0.3, -0.25) is 19.3 Å². The summed E-state index contributed by atoms with van der Waals surface area (Å²) in [5.41, 5.74) is 1.30. The van der Waals surface area contributed by atoms with Crippen molar-refractivity contribution >= 4 is 46.7 Å². The maximum atomic E-state index is 13.1. The standard InChI is InChI=1S/C21H19ClN4O4/c1-12(27)23-16-7-6-14(22)10-17(16)24-18(28)11-26-19(29)21(25-20(26)30)9-8-13-4-2-3-5-15(13)21/h2-7,10H,8-9,11H2,1H3,(H,23,27)(H,24,28)(H,25,30)/t21-/m1/s1. The number of imide groups is 1. The molecule has 1 aliphatic carbocycles. The fourth-order valence-electron chi connectivity index (χ4n) is 3.99. The lowest BCUT2D eigenvalue weighted by Gasteiger charge is -2.22. The van der Waals surface area contributed by atoms with Crippen molar-refractivity contribution in [1.82, 2.24) is 10.2 Å². The number of rotatable bonds is 4. The molecule has 30 heavy (non-hydrogen) atoms. The van der Waals surface area contributed by atoms with Crippen LogP contribution < -0.4 is 16.0 Å². The van der Waals surface area contributed by atoms with Crippen LogP contribution >= 0.6 is 11.6 Å². The lowest BCUT2D eigenvalue weighted by molar-refractivity contribution is -0.134. The Bertz CT molecular complexity index is 1090. The van der Waals surface area contributed by atoms with Crippen LogP contribution in [0.15, 0.2) is 42.5 Å². The minimum Gasteiger partial charge on any atom is -0.325 e. The van der Waals surface area contributed by atoms with Gasteiger partial charge >= 0.3 is 6.03 Å². The molecule has 9 heteroatoms. The number of hydrogen-bond acceptors (Lipinski definition) is 4. The molecule has 1 aliphatic heterocycles. The van der Waals surface area contributed by atoms with Crippen molar-refractivity contribution in [3.8, 4) is 0 Å². The second kappa shape index (κ2) is 7.46. The average molecular weight is 427 g/mol. The van der Waals surface area contributed by atoms with Gasteiger partial charge < -0.3 is 16.0 Å². The predicted octanol–water partition coefficient (Wildman–Crippen LogP) is 2.63. The van der Waals surface area contributed by atoms with Crippen molar-refractivity contribution < 1.29 is 19.2 Å². The Labute approximate surface area is 177 Å². The molecule has 0 radical (unpaired) electrons. The van der Waals surface area contributed by atoms with Crippen molar-refractivity contribution in [3.05, 3.63) is 58.6 Å². The largest absolute Gasteiger partial charge is 0.325 e. The second-order valence-electron chi connectivity index (χ2n) is 7.30. The van der Waals surface area contributed by atoms with Crippen LogP contribution in [0.25, 0.3) is 0 Å². The van der Waals surface area contributed by atoms with Crippen molar-refractivity contribution in [2.24, 2.45) is 0 Å². The Morgan fingerprint density at radius 2 is 1.90 bits per heavy atom. The monoisotopic (exact) mass is 426 g/mol. The predicted molar refractivity (Wildman–Crippen MR) is 111 cm³/mol. The first-order valence-corrected chi connectivity index (χ1v) is 9.77. The number of amides is 5. The quantitative estimate of drug-likeness (QED) is 0.653. The molecule has 5 amide bonds. The normalized spacial score (nSPS) is 19.6. The summed E-state index contributed by atoms with van der Waals surface area (Å²) in [6.07, 6.45) is 1.13. The highest BCUT2D eigenvalue weighted by atomic mass is 35.5. The van der Waals surface area contributed by atoms with Gasteiger partial charge in [-0.1, -0.05) is 35.9 Å². The van der Waals surface area contributed by atoms with Gasteiger partial charge in [0.05, 0.1) is 11.4 Å². The average Bonchev–Trinajstić information content (AvgIpc) is 3.17. The number of fused-ring (bicyclic) bond motifs is 2. The van der Waals surface area contributed by atoms with Gasteiger partial charge in [0.15, 0.2) is 0 Å². The summed E-state index contributed by atoms with van der Waals surface area (Å²) in [6, 6.07) is 11.5. The Morgan fingerprint density at radius 3 is 2.67 bits per heavy atom. The molecule has 1 saturated heterocycles. The third-order valence-electron chi connectivity index (χ3n) is 5.29. The summed E-state index contributed by atoms with van der Waals surface area (Å²) in [7, 11) is 0. The third-order valence-corrected chi connectivity index (χ3v) is 5.53. The third kappa shape index (κ3) is 3.39. The van der Waals surface area contributed by atoms with E-state index in [0.29, 0.717) is 23.6 Å². The zero-order valence-corrected chi connectivity index (χ0v) is 16.9. The number of benzene rings is 2. The summed E-state index contributed by atoms with van der Waals surface area (Å²) in [5, 5.41) is 8.34. The summed E-state index contributed by atoms with van der Waals surface area (Å²) < 4.78 is 0. The van der Waals surface area contributed by atoms with E-state index < -0.39 is 29.9 Å². The summed E-state index contributed by atoms with van der Waals surface area (Å²) in [5.74, 6) is -1.35. The highest BCUT2D eigenvalue weighted by Crippen LogP contribution is 2.41. The number of nitrogens with one attached hydrogen (secondary N) is 3. The second-order valence-corrected chi connectivity index (χ2v) is 7.74. The molecule has 1 heterocycles. The van der Waals surface area contributed by atoms with Crippen LogP contribution in [0.3, 0.4) is 0 Å². The molecule has 4 rings (SSSR count). The zero-order chi connectivity index (χ0) is 21.5. The first-order valence-electron chi connectivity index (χ1n) is 9.39. The van der Waals surface area contributed by atoms with Crippen LogP contribution in [-0.4, -0.2) is 35.2 Å². The molecule has 2 aliphatic rings. The smallest absolute Gasteiger partial charge is 0.325 e. The molecular weight excluding hydrogens is 408 g/mol. The minimum atomic E-state index is -1.12.